The van der Waals surface area contributed by atoms with Crippen LogP contribution in [0.15, 0.2) is 0 Å². The summed E-state index contributed by atoms with van der Waals surface area (Å²) in [5.41, 5.74) is 0. The average Bonchev–Trinajstić information content (AvgIpc) is 2.74. The number of aromatic amines is 1. The van der Waals surface area contributed by atoms with Crippen LogP contribution < -0.4 is 5.32 Å². The summed E-state index contributed by atoms with van der Waals surface area (Å²) in [6, 6.07) is 0.448. The average molecular weight is 169 g/mol. The Hall–Kier alpha value is -1.01. The molecule has 0 aromatic carbocycles. The summed E-state index contributed by atoms with van der Waals surface area (Å²) in [4.78, 5) is 0. The molecule has 0 spiro atoms. The first-order chi connectivity index (χ1) is 5.95. The molecule has 0 aliphatic carbocycles. The minimum atomic E-state index is 0.448. The summed E-state index contributed by atoms with van der Waals surface area (Å²) in [5.74, 6) is 0.696. The smallest absolute Gasteiger partial charge is 0.188 e. The van der Waals surface area contributed by atoms with E-state index in [0.29, 0.717) is 18.4 Å². The number of ether oxygens (including phenoxy) is 1. The molecule has 66 valence electrons. The van der Waals surface area contributed by atoms with Crippen molar-refractivity contribution in [3.63, 3.8) is 0 Å². The van der Waals surface area contributed by atoms with E-state index in [2.05, 4.69) is 25.9 Å². The lowest BCUT2D eigenvalue weighted by atomic mass is 10.2. The molecule has 0 saturated carbocycles. The largest absolute Gasteiger partial charge is 0.380 e. The van der Waals surface area contributed by atoms with Crippen LogP contribution in [-0.2, 0) is 11.3 Å². The van der Waals surface area contributed by atoms with Crippen LogP contribution in [0.5, 0.6) is 0 Å². The van der Waals surface area contributed by atoms with Crippen molar-refractivity contribution in [1.29, 1.82) is 0 Å². The van der Waals surface area contributed by atoms with Gasteiger partial charge in [-0.2, -0.15) is 5.21 Å². The lowest BCUT2D eigenvalue weighted by Gasteiger charge is -2.06. The highest BCUT2D eigenvalue weighted by Gasteiger charge is 2.14. The van der Waals surface area contributed by atoms with Gasteiger partial charge in [0.1, 0.15) is 0 Å². The van der Waals surface area contributed by atoms with Gasteiger partial charge in [-0.3, -0.25) is 0 Å². The molecule has 0 radical (unpaired) electrons. The lowest BCUT2D eigenvalue weighted by molar-refractivity contribution is 0.189. The molecule has 1 atom stereocenters. The molecular weight excluding hydrogens is 158 g/mol. The van der Waals surface area contributed by atoms with Gasteiger partial charge in [-0.1, -0.05) is 5.21 Å². The monoisotopic (exact) mass is 169 g/mol. The zero-order chi connectivity index (χ0) is 8.23. The molecule has 1 aromatic rings. The Kier molecular flexibility index (Phi) is 2.28. The molecule has 0 amide bonds. The summed E-state index contributed by atoms with van der Waals surface area (Å²) in [6.07, 6.45) is 1.07. The van der Waals surface area contributed by atoms with Crippen molar-refractivity contribution in [1.82, 2.24) is 25.9 Å². The van der Waals surface area contributed by atoms with E-state index < -0.39 is 0 Å². The molecule has 1 aliphatic rings. The summed E-state index contributed by atoms with van der Waals surface area (Å²) in [5, 5.41) is 16.8. The number of rotatable bonds is 3. The fraction of sp³-hybridized carbons (Fsp3) is 0.833. The molecule has 1 saturated heterocycles. The zero-order valence-corrected chi connectivity index (χ0v) is 6.66. The Morgan fingerprint density at radius 1 is 1.67 bits per heavy atom. The molecule has 2 N–H and O–H groups in total. The van der Waals surface area contributed by atoms with E-state index in [4.69, 9.17) is 4.74 Å². The van der Waals surface area contributed by atoms with Gasteiger partial charge in [0.25, 0.3) is 0 Å². The van der Waals surface area contributed by atoms with Crippen LogP contribution in [0.3, 0.4) is 0 Å². The highest BCUT2D eigenvalue weighted by Crippen LogP contribution is 2.03. The predicted octanol–water partition coefficient (Wildman–Crippen LogP) is -0.922. The van der Waals surface area contributed by atoms with Crippen molar-refractivity contribution in [3.05, 3.63) is 5.82 Å². The topological polar surface area (TPSA) is 75.7 Å². The molecular formula is C6H11N5O. The quantitative estimate of drug-likeness (QED) is 0.612. The lowest BCUT2D eigenvalue weighted by Crippen LogP contribution is -2.28. The van der Waals surface area contributed by atoms with Crippen LogP contribution >= 0.6 is 0 Å². The number of hydrogen-bond donors (Lipinski definition) is 2. The summed E-state index contributed by atoms with van der Waals surface area (Å²) in [6.45, 7) is 2.30. The molecule has 6 nitrogen and oxygen atoms in total. The summed E-state index contributed by atoms with van der Waals surface area (Å²) < 4.78 is 5.20. The first-order valence-electron chi connectivity index (χ1n) is 3.98. The normalized spacial score (nSPS) is 23.2. The number of aromatic nitrogens is 4. The van der Waals surface area contributed by atoms with E-state index in [1.807, 2.05) is 0 Å². The van der Waals surface area contributed by atoms with Gasteiger partial charge in [0.05, 0.1) is 13.2 Å². The Labute approximate surface area is 69.7 Å². The molecule has 12 heavy (non-hydrogen) atoms. The fourth-order valence-corrected chi connectivity index (χ4v) is 1.19. The molecule has 1 unspecified atom stereocenters. The molecule has 0 bridgehead atoms. The fourth-order valence-electron chi connectivity index (χ4n) is 1.19. The maximum atomic E-state index is 5.20. The van der Waals surface area contributed by atoms with Gasteiger partial charge in [0.2, 0.25) is 0 Å². The van der Waals surface area contributed by atoms with Gasteiger partial charge in [0, 0.05) is 12.6 Å². The number of nitrogens with zero attached hydrogens (tertiary/aromatic N) is 3. The molecule has 2 heterocycles. The van der Waals surface area contributed by atoms with E-state index >= 15 is 0 Å². The Balaban J connectivity index is 1.74. The van der Waals surface area contributed by atoms with Crippen LogP contribution in [0.2, 0.25) is 0 Å². The standard InChI is InChI=1S/C6H11N5O/c1-2-12-4-5(1)7-3-6-8-10-11-9-6/h5,7H,1-4H2,(H,8,9,10,11). The molecule has 1 aromatic heterocycles. The van der Waals surface area contributed by atoms with E-state index in [1.165, 1.54) is 0 Å². The molecule has 1 fully saturated rings. The van der Waals surface area contributed by atoms with Crippen LogP contribution in [-0.4, -0.2) is 39.9 Å². The summed E-state index contributed by atoms with van der Waals surface area (Å²) in [7, 11) is 0. The Morgan fingerprint density at radius 3 is 3.33 bits per heavy atom. The van der Waals surface area contributed by atoms with Gasteiger partial charge >= 0.3 is 0 Å². The third-order valence-corrected chi connectivity index (χ3v) is 1.87. The molecule has 2 rings (SSSR count). The van der Waals surface area contributed by atoms with Crippen molar-refractivity contribution in [2.75, 3.05) is 13.2 Å². The number of tetrazole rings is 1. The Morgan fingerprint density at radius 2 is 2.67 bits per heavy atom. The minimum absolute atomic E-state index is 0.448. The van der Waals surface area contributed by atoms with E-state index in [1.54, 1.807) is 0 Å². The van der Waals surface area contributed by atoms with Gasteiger partial charge < -0.3 is 10.1 Å². The maximum Gasteiger partial charge on any atom is 0.188 e. The van der Waals surface area contributed by atoms with Crippen molar-refractivity contribution < 1.29 is 4.74 Å². The van der Waals surface area contributed by atoms with E-state index in [9.17, 15) is 0 Å². The minimum Gasteiger partial charge on any atom is -0.380 e. The van der Waals surface area contributed by atoms with Crippen LogP contribution in [0.4, 0.5) is 0 Å². The first-order valence-corrected chi connectivity index (χ1v) is 3.98. The predicted molar refractivity (Wildman–Crippen MR) is 40.2 cm³/mol. The van der Waals surface area contributed by atoms with Gasteiger partial charge in [0.15, 0.2) is 5.82 Å². The van der Waals surface area contributed by atoms with Crippen molar-refractivity contribution in [2.24, 2.45) is 0 Å². The van der Waals surface area contributed by atoms with Gasteiger partial charge in [-0.15, -0.1) is 10.2 Å². The third-order valence-electron chi connectivity index (χ3n) is 1.87. The zero-order valence-electron chi connectivity index (χ0n) is 6.66. The Bertz CT molecular complexity index is 218. The van der Waals surface area contributed by atoms with Gasteiger partial charge in [-0.05, 0) is 6.42 Å². The van der Waals surface area contributed by atoms with Crippen LogP contribution in [0.1, 0.15) is 12.2 Å². The second-order valence-corrected chi connectivity index (χ2v) is 2.77. The highest BCUT2D eigenvalue weighted by molar-refractivity contribution is 4.78. The van der Waals surface area contributed by atoms with E-state index in [0.717, 1.165) is 19.6 Å². The first kappa shape index (κ1) is 7.63. The van der Waals surface area contributed by atoms with E-state index in [-0.39, 0.29) is 0 Å². The van der Waals surface area contributed by atoms with Crippen molar-refractivity contribution in [3.8, 4) is 0 Å². The second-order valence-electron chi connectivity index (χ2n) is 2.77. The van der Waals surface area contributed by atoms with Gasteiger partial charge in [-0.25, -0.2) is 0 Å². The van der Waals surface area contributed by atoms with Crippen molar-refractivity contribution >= 4 is 0 Å². The molecule has 6 heteroatoms. The van der Waals surface area contributed by atoms with Crippen LogP contribution in [0, 0.1) is 0 Å². The molecule has 1 aliphatic heterocycles. The highest BCUT2D eigenvalue weighted by atomic mass is 16.5. The third kappa shape index (κ3) is 1.77. The summed E-state index contributed by atoms with van der Waals surface area (Å²) >= 11 is 0. The van der Waals surface area contributed by atoms with Crippen LogP contribution in [0.25, 0.3) is 0 Å². The second kappa shape index (κ2) is 3.59. The number of hydrogen-bond acceptors (Lipinski definition) is 5. The maximum absolute atomic E-state index is 5.20. The SMILES string of the molecule is C1CC(NCc2nn[nH]n2)CO1. The number of H-pyrrole nitrogens is 1. The van der Waals surface area contributed by atoms with Crippen molar-refractivity contribution in [2.45, 2.75) is 19.0 Å². The number of nitrogens with one attached hydrogen (secondary N) is 2.